The number of nitrogens with two attached hydrogens (primary N) is 3. The number of hydrogen-bond acceptors (Lipinski definition) is 17. The molecule has 0 bridgehead atoms. The van der Waals surface area contributed by atoms with Crippen molar-refractivity contribution in [2.75, 3.05) is 16.0 Å². The topological polar surface area (TPSA) is 294 Å². The van der Waals surface area contributed by atoms with Crippen LogP contribution in [0.2, 0.25) is 0 Å². The second kappa shape index (κ2) is 24.7. The number of amidine groups is 3. The van der Waals surface area contributed by atoms with Gasteiger partial charge in [0.05, 0.1) is 48.0 Å². The SMILES string of the molecule is CC(=O)C1CC2(C1)CC(C)(c1cc(NC(=O)c3ccc(F)cn3)ccc1F)N=C(N)O2.CC(=O)C1CC2(C1)CC(C)(c1cc(NC(=O)c3ccc(F)cn3)ccc1F)N=C(N)S2.Cc1ccc(NC(=O)c2ccc(F)cn2)cc1C1(C)CC2(CC(F)(F)C2)OC(N)=N1. The van der Waals surface area contributed by atoms with Crippen molar-refractivity contribution in [1.82, 2.24) is 15.0 Å². The lowest BCUT2D eigenvalue weighted by molar-refractivity contribution is -0.210. The van der Waals surface area contributed by atoms with Crippen molar-refractivity contribution >= 4 is 75.3 Å². The quantitative estimate of drug-likeness (QED) is 0.0658. The molecule has 9 N–H and O–H groups in total. The molecule has 0 radical (unpaired) electrons. The maximum absolute atomic E-state index is 14.9. The van der Waals surface area contributed by atoms with Gasteiger partial charge in [-0.3, -0.25) is 29.0 Å². The van der Waals surface area contributed by atoms with E-state index >= 15 is 0 Å². The second-order valence-electron chi connectivity index (χ2n) is 25.1. The van der Waals surface area contributed by atoms with Crippen LogP contribution in [0.15, 0.2) is 125 Å². The Kier molecular flexibility index (Phi) is 17.7. The van der Waals surface area contributed by atoms with Gasteiger partial charge in [-0.2, -0.15) is 0 Å². The highest BCUT2D eigenvalue weighted by Gasteiger charge is 2.63. The number of carbonyl (C=O) groups excluding carboxylic acids is 5. The second-order valence-corrected chi connectivity index (χ2v) is 26.6. The normalized spacial score (nSPS) is 24.0. The number of Topliss-reactive ketones (excluding diaryl/α,β-unsaturated/α-hetero) is 2. The molecule has 3 aliphatic heterocycles. The first kappa shape index (κ1) is 65.7. The average Bonchev–Trinajstić information content (AvgIpc) is 0.748. The number of hydrogen-bond donors (Lipinski definition) is 6. The Morgan fingerprint density at radius 3 is 1.29 bits per heavy atom. The minimum Gasteiger partial charge on any atom is -0.459 e. The van der Waals surface area contributed by atoms with Crippen molar-refractivity contribution in [1.29, 1.82) is 0 Å². The summed E-state index contributed by atoms with van der Waals surface area (Å²) in [5.41, 5.74) is 16.8. The predicted molar refractivity (Wildman–Crippen MR) is 330 cm³/mol. The Hall–Kier alpha value is -9.27. The number of benzene rings is 3. The number of aromatic nitrogens is 3. The van der Waals surface area contributed by atoms with E-state index in [1.54, 1.807) is 45.0 Å². The van der Waals surface area contributed by atoms with Crippen LogP contribution in [0.4, 0.5) is 47.8 Å². The lowest BCUT2D eigenvalue weighted by Gasteiger charge is -2.52. The van der Waals surface area contributed by atoms with Gasteiger partial charge in [0.1, 0.15) is 68.9 Å². The first-order valence-electron chi connectivity index (χ1n) is 29.2. The van der Waals surface area contributed by atoms with Crippen molar-refractivity contribution in [3.8, 4) is 0 Å². The van der Waals surface area contributed by atoms with Crippen molar-refractivity contribution in [3.63, 3.8) is 0 Å². The van der Waals surface area contributed by atoms with Crippen LogP contribution in [-0.4, -0.2) is 83.3 Å². The maximum atomic E-state index is 14.9. The van der Waals surface area contributed by atoms with Gasteiger partial charge >= 0.3 is 0 Å². The Bertz CT molecular complexity index is 3840. The van der Waals surface area contributed by atoms with E-state index in [1.807, 2.05) is 20.8 Å². The van der Waals surface area contributed by atoms with Crippen molar-refractivity contribution in [3.05, 3.63) is 178 Å². The number of aryl methyl sites for hydroxylation is 1. The molecule has 3 saturated carbocycles. The standard InChI is InChI=1S/C22H22F2N4O3.C22H22F2N4O2S.C21H21F3N4O2/c2*1-12(29)13-8-22(9-13)11-21(2,28-20(25)31-22)16-7-15(4-5-17(16)24)27-19(30)18-6-3-14(23)10-26-18;1-12-3-5-14(27-17(29)16-6-4-13(22)8-26-16)7-15(12)19(2)9-20(30-18(25)28-19)10-21(23,24)11-20/h2*3-7,10,13H,8-9,11H2,1-2H3,(H2,25,28)(H,27,30);3-8H,9-11H2,1-2H3,(H2,25,28)(H,27,29). The van der Waals surface area contributed by atoms with E-state index in [0.717, 1.165) is 47.9 Å². The van der Waals surface area contributed by atoms with Crippen LogP contribution in [-0.2, 0) is 35.7 Å². The van der Waals surface area contributed by atoms with Gasteiger partial charge in [0.25, 0.3) is 35.7 Å². The Labute approximate surface area is 528 Å². The number of halogens is 7. The summed E-state index contributed by atoms with van der Waals surface area (Å²) >= 11 is 1.46. The van der Waals surface area contributed by atoms with Gasteiger partial charge in [0.2, 0.25) is 0 Å². The first-order chi connectivity index (χ1) is 43.2. The van der Waals surface area contributed by atoms with Crippen LogP contribution < -0.4 is 33.2 Å². The van der Waals surface area contributed by atoms with Crippen LogP contribution in [0.5, 0.6) is 0 Å². The summed E-state index contributed by atoms with van der Waals surface area (Å²) in [5, 5.41) is 8.38. The largest absolute Gasteiger partial charge is 0.459 e. The molecule has 6 aromatic rings. The molecule has 6 aliphatic rings. The average molecular weight is 1290 g/mol. The third-order valence-electron chi connectivity index (χ3n) is 17.4. The molecule has 3 aromatic carbocycles. The van der Waals surface area contributed by atoms with E-state index in [4.69, 9.17) is 26.7 Å². The van der Waals surface area contributed by atoms with Gasteiger partial charge in [0.15, 0.2) is 5.17 Å². The fourth-order valence-electron chi connectivity index (χ4n) is 13.3. The molecule has 482 valence electrons. The van der Waals surface area contributed by atoms with E-state index in [2.05, 4.69) is 45.9 Å². The molecular formula is C65H65F7N12O7S. The number of alkyl halides is 2. The highest BCUT2D eigenvalue weighted by Crippen LogP contribution is 2.59. The van der Waals surface area contributed by atoms with Crippen LogP contribution in [0.3, 0.4) is 0 Å². The van der Waals surface area contributed by atoms with E-state index in [1.165, 1.54) is 60.3 Å². The highest BCUT2D eigenvalue weighted by molar-refractivity contribution is 8.15. The Balaban J connectivity index is 0.000000151. The maximum Gasteiger partial charge on any atom is 0.283 e. The third kappa shape index (κ3) is 14.3. The molecule has 3 amide bonds. The first-order valence-corrected chi connectivity index (χ1v) is 30.0. The van der Waals surface area contributed by atoms with Crippen molar-refractivity contribution in [2.24, 2.45) is 44.0 Å². The van der Waals surface area contributed by atoms with Gasteiger partial charge in [-0.05, 0) is 170 Å². The molecule has 27 heteroatoms. The summed E-state index contributed by atoms with van der Waals surface area (Å²) < 4.78 is 107. The minimum absolute atomic E-state index is 0.00123. The molecule has 0 saturated heterocycles. The smallest absolute Gasteiger partial charge is 0.283 e. The number of nitrogens with zero attached hydrogens (tertiary/aromatic N) is 6. The molecular weight excluding hydrogens is 1230 g/mol. The molecule has 3 fully saturated rings. The van der Waals surface area contributed by atoms with E-state index < -0.39 is 93.4 Å². The van der Waals surface area contributed by atoms with Crippen LogP contribution >= 0.6 is 11.8 Å². The molecule has 3 aromatic heterocycles. The molecule has 6 heterocycles. The van der Waals surface area contributed by atoms with E-state index in [0.29, 0.717) is 66.3 Å². The number of pyridine rings is 3. The molecule has 12 rings (SSSR count). The number of amides is 3. The summed E-state index contributed by atoms with van der Waals surface area (Å²) in [6.45, 7) is 10.4. The number of anilines is 3. The lowest BCUT2D eigenvalue weighted by Crippen LogP contribution is -2.60. The fourth-order valence-corrected chi connectivity index (χ4v) is 14.9. The summed E-state index contributed by atoms with van der Waals surface area (Å²) in [5.74, 6) is -6.83. The Morgan fingerprint density at radius 2 is 0.880 bits per heavy atom. The fraction of sp³-hybridized carbons (Fsp3) is 0.369. The van der Waals surface area contributed by atoms with E-state index in [-0.39, 0.29) is 69.3 Å². The van der Waals surface area contributed by atoms with Gasteiger partial charge in [-0.25, -0.2) is 55.7 Å². The van der Waals surface area contributed by atoms with Crippen LogP contribution in [0.25, 0.3) is 0 Å². The lowest BCUT2D eigenvalue weighted by atomic mass is 9.63. The summed E-state index contributed by atoms with van der Waals surface area (Å²) in [6.07, 6.45) is 5.55. The zero-order valence-corrected chi connectivity index (χ0v) is 51.6. The number of nitrogens with one attached hydrogen (secondary N) is 3. The zero-order valence-electron chi connectivity index (χ0n) is 50.7. The van der Waals surface area contributed by atoms with Crippen LogP contribution in [0, 0.1) is 47.8 Å². The van der Waals surface area contributed by atoms with Gasteiger partial charge < -0.3 is 42.6 Å². The van der Waals surface area contributed by atoms with Crippen LogP contribution in [0.1, 0.15) is 146 Å². The number of ether oxygens (including phenoxy) is 2. The molecule has 3 atom stereocenters. The molecule has 92 heavy (non-hydrogen) atoms. The highest BCUT2D eigenvalue weighted by atomic mass is 32.2. The van der Waals surface area contributed by atoms with E-state index in [9.17, 15) is 54.7 Å². The Morgan fingerprint density at radius 1 is 0.500 bits per heavy atom. The minimum atomic E-state index is -2.77. The number of ketones is 2. The summed E-state index contributed by atoms with van der Waals surface area (Å²) in [6, 6.07) is 20.7. The predicted octanol–water partition coefficient (Wildman–Crippen LogP) is 11.2. The number of carbonyl (C=O) groups is 5. The zero-order chi connectivity index (χ0) is 66.5. The number of aliphatic imine (C=N–C) groups is 3. The third-order valence-corrected chi connectivity index (χ3v) is 18.6. The molecule has 19 nitrogen and oxygen atoms in total. The van der Waals surface area contributed by atoms with Crippen molar-refractivity contribution < 1.29 is 64.2 Å². The molecule has 3 aliphatic carbocycles. The van der Waals surface area contributed by atoms with Crippen molar-refractivity contribution in [2.45, 2.75) is 138 Å². The summed E-state index contributed by atoms with van der Waals surface area (Å²) in [4.78, 5) is 85.2. The summed E-state index contributed by atoms with van der Waals surface area (Å²) in [7, 11) is 0. The number of rotatable bonds is 11. The van der Waals surface area contributed by atoms with Gasteiger partial charge in [0, 0.05) is 57.6 Å². The molecule has 3 spiro atoms. The van der Waals surface area contributed by atoms with Gasteiger partial charge in [-0.15, -0.1) is 0 Å². The number of thioether (sulfide) groups is 1. The molecule has 3 unspecified atom stereocenters. The monoisotopic (exact) mass is 1290 g/mol. The van der Waals surface area contributed by atoms with Gasteiger partial charge in [-0.1, -0.05) is 17.8 Å².